The van der Waals surface area contributed by atoms with Gasteiger partial charge >= 0.3 is 6.18 Å². The molecule has 150 valence electrons. The minimum atomic E-state index is -4.94. The van der Waals surface area contributed by atoms with Crippen LogP contribution in [0, 0.1) is 5.82 Å². The number of nitrogens with zero attached hydrogens (tertiary/aromatic N) is 4. The zero-order valence-electron chi connectivity index (χ0n) is 14.1. The fourth-order valence-electron chi connectivity index (χ4n) is 2.17. The number of hydroxylamine groups is 1. The number of hydrogen-bond donors (Lipinski definition) is 3. The Labute approximate surface area is 159 Å². The summed E-state index contributed by atoms with van der Waals surface area (Å²) in [5, 5.41) is 18.6. The topological polar surface area (TPSA) is 126 Å². The van der Waals surface area contributed by atoms with E-state index in [0.717, 1.165) is 6.07 Å². The SMILES string of the molecule is O=C(Nc1nonc1C(=Nc1ccc(F)c(C(F)(F)F)c1)NO)c1ccncc1. The average molecular weight is 410 g/mol. The predicted octanol–water partition coefficient (Wildman–Crippen LogP) is 2.93. The molecule has 0 unspecified atom stereocenters. The molecule has 3 aromatic rings. The number of carbonyl (C=O) groups is 1. The van der Waals surface area contributed by atoms with Crippen LogP contribution in [0.15, 0.2) is 52.3 Å². The van der Waals surface area contributed by atoms with Gasteiger partial charge in [0.15, 0.2) is 11.5 Å². The number of halogens is 4. The molecule has 1 aromatic carbocycles. The van der Waals surface area contributed by atoms with Crippen LogP contribution in [0.5, 0.6) is 0 Å². The fourth-order valence-corrected chi connectivity index (χ4v) is 2.17. The standard InChI is InChI=1S/C16H10F4N6O3/c17-11-2-1-9(7-10(11)16(18,19)20)22-13(24-28)12-14(26-29-25-12)23-15(27)8-3-5-21-6-4-8/h1-7,28H,(H,22,24)(H,23,26,27). The molecule has 3 rings (SSSR count). The van der Waals surface area contributed by atoms with E-state index in [1.165, 1.54) is 24.5 Å². The number of amides is 1. The van der Waals surface area contributed by atoms with E-state index in [1.54, 1.807) is 5.48 Å². The lowest BCUT2D eigenvalue weighted by Crippen LogP contribution is -2.23. The van der Waals surface area contributed by atoms with Gasteiger partial charge in [0, 0.05) is 18.0 Å². The molecular weight excluding hydrogens is 400 g/mol. The highest BCUT2D eigenvalue weighted by Crippen LogP contribution is 2.33. The maximum atomic E-state index is 13.4. The number of pyridine rings is 1. The Bertz CT molecular complexity index is 1050. The molecule has 3 N–H and O–H groups in total. The Morgan fingerprint density at radius 2 is 1.86 bits per heavy atom. The van der Waals surface area contributed by atoms with E-state index in [1.807, 2.05) is 0 Å². The zero-order valence-corrected chi connectivity index (χ0v) is 14.1. The lowest BCUT2D eigenvalue weighted by atomic mass is 10.2. The summed E-state index contributed by atoms with van der Waals surface area (Å²) >= 11 is 0. The van der Waals surface area contributed by atoms with Crippen LogP contribution < -0.4 is 10.8 Å². The van der Waals surface area contributed by atoms with Gasteiger partial charge < -0.3 is 5.32 Å². The number of benzene rings is 1. The molecule has 29 heavy (non-hydrogen) atoms. The van der Waals surface area contributed by atoms with Crippen LogP contribution in [0.4, 0.5) is 29.1 Å². The zero-order chi connectivity index (χ0) is 21.0. The van der Waals surface area contributed by atoms with Gasteiger partial charge in [0.2, 0.25) is 5.82 Å². The van der Waals surface area contributed by atoms with E-state index >= 15 is 0 Å². The minimum absolute atomic E-state index is 0.220. The highest BCUT2D eigenvalue weighted by atomic mass is 19.4. The van der Waals surface area contributed by atoms with Crippen molar-refractivity contribution in [1.82, 2.24) is 20.8 Å². The van der Waals surface area contributed by atoms with E-state index in [0.29, 0.717) is 12.1 Å². The third-order valence-corrected chi connectivity index (χ3v) is 3.49. The summed E-state index contributed by atoms with van der Waals surface area (Å²) in [6.45, 7) is 0. The normalized spacial score (nSPS) is 12.0. The number of rotatable bonds is 4. The third kappa shape index (κ3) is 4.52. The third-order valence-electron chi connectivity index (χ3n) is 3.49. The average Bonchev–Trinajstić information content (AvgIpc) is 3.15. The van der Waals surface area contributed by atoms with Crippen LogP contribution in [0.1, 0.15) is 21.6 Å². The Morgan fingerprint density at radius 1 is 1.14 bits per heavy atom. The van der Waals surface area contributed by atoms with Gasteiger partial charge in [0.1, 0.15) is 5.82 Å². The second-order valence-corrected chi connectivity index (χ2v) is 5.39. The van der Waals surface area contributed by atoms with Crippen LogP contribution in [0.25, 0.3) is 0 Å². The van der Waals surface area contributed by atoms with Gasteiger partial charge in [-0.2, -0.15) is 13.2 Å². The van der Waals surface area contributed by atoms with Gasteiger partial charge in [-0.05, 0) is 40.6 Å². The summed E-state index contributed by atoms with van der Waals surface area (Å²) in [7, 11) is 0. The highest BCUT2D eigenvalue weighted by Gasteiger charge is 2.34. The van der Waals surface area contributed by atoms with Crippen molar-refractivity contribution in [2.45, 2.75) is 6.18 Å². The molecule has 13 heteroatoms. The molecule has 1 amide bonds. The van der Waals surface area contributed by atoms with Crippen molar-refractivity contribution in [2.24, 2.45) is 4.99 Å². The molecule has 0 bridgehead atoms. The van der Waals surface area contributed by atoms with Crippen molar-refractivity contribution in [3.63, 3.8) is 0 Å². The first kappa shape index (κ1) is 19.9. The summed E-state index contributed by atoms with van der Waals surface area (Å²) in [6.07, 6.45) is -2.18. The first-order valence-corrected chi connectivity index (χ1v) is 7.69. The molecule has 0 spiro atoms. The number of anilines is 1. The van der Waals surface area contributed by atoms with Crippen LogP contribution in [0.3, 0.4) is 0 Å². The van der Waals surface area contributed by atoms with E-state index in [2.05, 4.69) is 30.2 Å². The smallest absolute Gasteiger partial charge is 0.302 e. The van der Waals surface area contributed by atoms with Crippen LogP contribution in [0.2, 0.25) is 0 Å². The van der Waals surface area contributed by atoms with Crippen LogP contribution in [-0.2, 0) is 6.18 Å². The van der Waals surface area contributed by atoms with Crippen molar-refractivity contribution in [3.05, 3.63) is 65.4 Å². The first-order chi connectivity index (χ1) is 13.8. The van der Waals surface area contributed by atoms with Crippen LogP contribution in [-0.4, -0.2) is 32.2 Å². The number of amidine groups is 1. The van der Waals surface area contributed by atoms with Crippen molar-refractivity contribution in [2.75, 3.05) is 5.32 Å². The molecule has 0 saturated heterocycles. The van der Waals surface area contributed by atoms with Gasteiger partial charge in [-0.1, -0.05) is 0 Å². The minimum Gasteiger partial charge on any atom is -0.302 e. The van der Waals surface area contributed by atoms with Gasteiger partial charge in [-0.25, -0.2) is 14.0 Å². The Morgan fingerprint density at radius 3 is 2.52 bits per heavy atom. The maximum Gasteiger partial charge on any atom is 0.419 e. The highest BCUT2D eigenvalue weighted by molar-refractivity contribution is 6.08. The van der Waals surface area contributed by atoms with Crippen molar-refractivity contribution in [3.8, 4) is 0 Å². The summed E-state index contributed by atoms with van der Waals surface area (Å²) < 4.78 is 56.4. The van der Waals surface area contributed by atoms with Gasteiger partial charge in [0.25, 0.3) is 5.91 Å². The van der Waals surface area contributed by atoms with E-state index in [-0.39, 0.29) is 22.8 Å². The first-order valence-electron chi connectivity index (χ1n) is 7.69. The summed E-state index contributed by atoms with van der Waals surface area (Å²) in [4.78, 5) is 19.7. The Hall–Kier alpha value is -3.87. The molecule has 2 aromatic heterocycles. The summed E-state index contributed by atoms with van der Waals surface area (Å²) in [5.41, 5.74) is -0.360. The Balaban J connectivity index is 1.92. The molecule has 0 saturated carbocycles. The molecule has 0 aliphatic carbocycles. The van der Waals surface area contributed by atoms with Crippen LogP contribution >= 0.6 is 0 Å². The molecule has 0 aliphatic rings. The lowest BCUT2D eigenvalue weighted by Gasteiger charge is -2.09. The van der Waals surface area contributed by atoms with Crippen molar-refractivity contribution in [1.29, 1.82) is 0 Å². The van der Waals surface area contributed by atoms with Gasteiger partial charge in [0.05, 0.1) is 11.3 Å². The quantitative estimate of drug-likeness (QED) is 0.261. The number of nitrogens with one attached hydrogen (secondary N) is 2. The lowest BCUT2D eigenvalue weighted by molar-refractivity contribution is -0.139. The predicted molar refractivity (Wildman–Crippen MR) is 89.0 cm³/mol. The molecule has 0 radical (unpaired) electrons. The van der Waals surface area contributed by atoms with Gasteiger partial charge in [-0.3, -0.25) is 20.5 Å². The van der Waals surface area contributed by atoms with E-state index < -0.39 is 29.3 Å². The molecule has 0 fully saturated rings. The van der Waals surface area contributed by atoms with E-state index in [4.69, 9.17) is 0 Å². The fraction of sp³-hybridized carbons (Fsp3) is 0.0625. The number of alkyl halides is 3. The van der Waals surface area contributed by atoms with Gasteiger partial charge in [-0.15, -0.1) is 0 Å². The second kappa shape index (κ2) is 8.02. The van der Waals surface area contributed by atoms with Crippen molar-refractivity contribution >= 4 is 23.2 Å². The second-order valence-electron chi connectivity index (χ2n) is 5.39. The molecule has 0 aliphatic heterocycles. The number of aromatic nitrogens is 3. The maximum absolute atomic E-state index is 13.4. The molecule has 0 atom stereocenters. The monoisotopic (exact) mass is 410 g/mol. The van der Waals surface area contributed by atoms with Crippen molar-refractivity contribution < 1.29 is 32.2 Å². The molecule has 2 heterocycles. The van der Waals surface area contributed by atoms with E-state index in [9.17, 15) is 27.6 Å². The molecular formula is C16H10F4N6O3. The largest absolute Gasteiger partial charge is 0.419 e. The summed E-state index contributed by atoms with van der Waals surface area (Å²) in [6, 6.07) is 4.79. The number of carbonyl (C=O) groups excluding carboxylic acids is 1. The molecule has 9 nitrogen and oxygen atoms in total. The number of hydrogen-bond acceptors (Lipinski definition) is 7. The summed E-state index contributed by atoms with van der Waals surface area (Å²) in [5.74, 6) is -2.88. The Kier molecular flexibility index (Phi) is 5.50. The number of aliphatic imine (C=N–C) groups is 1.